The number of nitrogens with zero attached hydrogens (tertiary/aromatic N) is 2. The molecule has 0 aromatic carbocycles. The van der Waals surface area contributed by atoms with E-state index in [1.165, 1.54) is 0 Å². The fourth-order valence-electron chi connectivity index (χ4n) is 1.88. The molecule has 0 aliphatic carbocycles. The van der Waals surface area contributed by atoms with Crippen LogP contribution in [0.3, 0.4) is 0 Å². The zero-order chi connectivity index (χ0) is 13.7. The predicted octanol–water partition coefficient (Wildman–Crippen LogP) is 0.953. The molecule has 1 rings (SSSR count). The van der Waals surface area contributed by atoms with Gasteiger partial charge in [0.15, 0.2) is 0 Å². The minimum absolute atomic E-state index is 0.00335. The molecule has 0 saturated carbocycles. The van der Waals surface area contributed by atoms with E-state index in [9.17, 15) is 9.90 Å². The molecule has 2 N–H and O–H groups in total. The largest absolute Gasteiger partial charge is 0.389 e. The quantitative estimate of drug-likeness (QED) is 0.818. The monoisotopic (exact) mass is 251 g/mol. The number of amides is 1. The van der Waals surface area contributed by atoms with Crippen LogP contribution in [-0.2, 0) is 4.79 Å². The van der Waals surface area contributed by atoms with E-state index in [1.807, 2.05) is 24.9 Å². The molecular formula is C13H21N3O2. The summed E-state index contributed by atoms with van der Waals surface area (Å²) in [7, 11) is 3.49. The molecule has 0 aliphatic heterocycles. The first kappa shape index (κ1) is 14.4. The molecule has 0 radical (unpaired) electrons. The second-order valence-electron chi connectivity index (χ2n) is 4.49. The van der Waals surface area contributed by atoms with Crippen LogP contribution in [0.2, 0.25) is 0 Å². The second-order valence-corrected chi connectivity index (χ2v) is 4.49. The molecule has 1 amide bonds. The highest BCUT2D eigenvalue weighted by atomic mass is 16.3. The van der Waals surface area contributed by atoms with E-state index in [4.69, 9.17) is 0 Å². The molecule has 5 nitrogen and oxygen atoms in total. The molecule has 0 spiro atoms. The lowest BCUT2D eigenvalue weighted by Crippen LogP contribution is -2.35. The topological polar surface area (TPSA) is 65.5 Å². The van der Waals surface area contributed by atoms with Crippen LogP contribution in [-0.4, -0.2) is 36.6 Å². The van der Waals surface area contributed by atoms with Gasteiger partial charge < -0.3 is 15.3 Å². The summed E-state index contributed by atoms with van der Waals surface area (Å²) in [5, 5.41) is 12.3. The van der Waals surface area contributed by atoms with E-state index in [0.717, 1.165) is 5.56 Å². The number of aliphatic hydroxyl groups is 1. The van der Waals surface area contributed by atoms with E-state index in [1.54, 1.807) is 26.2 Å². The smallest absolute Gasteiger partial charge is 0.224 e. The molecule has 1 aromatic heterocycles. The summed E-state index contributed by atoms with van der Waals surface area (Å²) in [5.74, 6) is 0.573. The summed E-state index contributed by atoms with van der Waals surface area (Å²) in [6.07, 6.45) is 1.11. The van der Waals surface area contributed by atoms with E-state index in [2.05, 4.69) is 10.3 Å². The number of nitrogens with one attached hydrogen (secondary N) is 1. The highest BCUT2D eigenvalue weighted by Gasteiger charge is 2.17. The van der Waals surface area contributed by atoms with Crippen molar-refractivity contribution in [1.82, 2.24) is 10.3 Å². The molecule has 1 aromatic rings. The zero-order valence-electron chi connectivity index (χ0n) is 11.3. The lowest BCUT2D eigenvalue weighted by molar-refractivity contribution is -0.123. The fourth-order valence-corrected chi connectivity index (χ4v) is 1.88. The number of carbonyl (C=O) groups is 1. The molecule has 0 bridgehead atoms. The summed E-state index contributed by atoms with van der Waals surface area (Å²) in [6, 6.07) is 3.63. The first-order chi connectivity index (χ1) is 8.47. The number of rotatable bonds is 5. The summed E-state index contributed by atoms with van der Waals surface area (Å²) < 4.78 is 0. The summed E-state index contributed by atoms with van der Waals surface area (Å²) in [5.41, 5.74) is 0.768. The van der Waals surface area contributed by atoms with Gasteiger partial charge in [0.05, 0.1) is 12.0 Å². The normalized spacial score (nSPS) is 13.8. The van der Waals surface area contributed by atoms with Crippen molar-refractivity contribution in [3.63, 3.8) is 0 Å². The van der Waals surface area contributed by atoms with Crippen molar-refractivity contribution in [2.45, 2.75) is 20.0 Å². The van der Waals surface area contributed by atoms with Crippen LogP contribution in [0.25, 0.3) is 0 Å². The fraction of sp³-hybridized carbons (Fsp3) is 0.538. The average Bonchev–Trinajstić information content (AvgIpc) is 2.37. The Labute approximate surface area is 108 Å². The van der Waals surface area contributed by atoms with Gasteiger partial charge in [0.1, 0.15) is 5.82 Å². The maximum absolute atomic E-state index is 11.5. The Kier molecular flexibility index (Phi) is 5.09. The van der Waals surface area contributed by atoms with Crippen LogP contribution in [0, 0.1) is 5.92 Å². The number of aromatic nitrogens is 1. The third kappa shape index (κ3) is 3.43. The van der Waals surface area contributed by atoms with Crippen LogP contribution in [0.1, 0.15) is 25.5 Å². The van der Waals surface area contributed by atoms with Crippen LogP contribution >= 0.6 is 0 Å². The molecule has 5 heteroatoms. The Morgan fingerprint density at radius 1 is 1.56 bits per heavy atom. The third-order valence-electron chi connectivity index (χ3n) is 2.87. The molecule has 2 atom stereocenters. The zero-order valence-corrected chi connectivity index (χ0v) is 11.3. The summed E-state index contributed by atoms with van der Waals surface area (Å²) in [6.45, 7) is 4.12. The Balaban J connectivity index is 2.84. The Morgan fingerprint density at radius 2 is 2.22 bits per heavy atom. The van der Waals surface area contributed by atoms with Crippen molar-refractivity contribution in [3.8, 4) is 0 Å². The minimum Gasteiger partial charge on any atom is -0.389 e. The van der Waals surface area contributed by atoms with E-state index < -0.39 is 6.10 Å². The van der Waals surface area contributed by atoms with Gasteiger partial charge in [-0.05, 0) is 13.0 Å². The first-order valence-corrected chi connectivity index (χ1v) is 6.03. The molecule has 0 fully saturated rings. The third-order valence-corrected chi connectivity index (χ3v) is 2.87. The summed E-state index contributed by atoms with van der Waals surface area (Å²) >= 11 is 0. The Bertz CT molecular complexity index is 407. The number of aliphatic hydroxyl groups excluding tert-OH is 1. The van der Waals surface area contributed by atoms with Crippen LogP contribution < -0.4 is 10.2 Å². The van der Waals surface area contributed by atoms with Crippen molar-refractivity contribution >= 4 is 11.7 Å². The van der Waals surface area contributed by atoms with Gasteiger partial charge in [-0.1, -0.05) is 13.0 Å². The average molecular weight is 251 g/mol. The van der Waals surface area contributed by atoms with Gasteiger partial charge in [0.2, 0.25) is 5.91 Å². The lowest BCUT2D eigenvalue weighted by atomic mass is 10.1. The molecule has 1 heterocycles. The highest BCUT2D eigenvalue weighted by Crippen LogP contribution is 2.23. The summed E-state index contributed by atoms with van der Waals surface area (Å²) in [4.78, 5) is 17.7. The van der Waals surface area contributed by atoms with Crippen LogP contribution in [0.5, 0.6) is 0 Å². The molecule has 18 heavy (non-hydrogen) atoms. The van der Waals surface area contributed by atoms with Crippen molar-refractivity contribution in [2.24, 2.45) is 5.92 Å². The lowest BCUT2D eigenvalue weighted by Gasteiger charge is -2.24. The number of pyridine rings is 1. The van der Waals surface area contributed by atoms with E-state index in [-0.39, 0.29) is 11.8 Å². The van der Waals surface area contributed by atoms with E-state index >= 15 is 0 Å². The van der Waals surface area contributed by atoms with Crippen molar-refractivity contribution < 1.29 is 9.90 Å². The number of hydrogen-bond donors (Lipinski definition) is 2. The van der Waals surface area contributed by atoms with Gasteiger partial charge in [-0.2, -0.15) is 0 Å². The van der Waals surface area contributed by atoms with Crippen LogP contribution in [0.4, 0.5) is 5.82 Å². The molecule has 100 valence electrons. The van der Waals surface area contributed by atoms with Gasteiger partial charge in [-0.15, -0.1) is 0 Å². The maximum atomic E-state index is 11.5. The SMILES string of the molecule is CNC(=O)C(C)CN(C)c1ncccc1C(C)O. The van der Waals surface area contributed by atoms with Gasteiger partial charge in [0, 0.05) is 32.4 Å². The molecular weight excluding hydrogens is 230 g/mol. The number of carbonyl (C=O) groups excluding carboxylic acids is 1. The molecule has 0 saturated heterocycles. The van der Waals surface area contributed by atoms with E-state index in [0.29, 0.717) is 12.4 Å². The van der Waals surface area contributed by atoms with Crippen LogP contribution in [0.15, 0.2) is 18.3 Å². The second kappa shape index (κ2) is 6.35. The molecule has 0 aliphatic rings. The minimum atomic E-state index is -0.577. The predicted molar refractivity (Wildman–Crippen MR) is 71.4 cm³/mol. The maximum Gasteiger partial charge on any atom is 0.224 e. The van der Waals surface area contributed by atoms with Gasteiger partial charge in [-0.3, -0.25) is 4.79 Å². The molecule has 2 unspecified atom stereocenters. The Morgan fingerprint density at radius 3 is 2.78 bits per heavy atom. The van der Waals surface area contributed by atoms with Crippen molar-refractivity contribution in [3.05, 3.63) is 23.9 Å². The van der Waals surface area contributed by atoms with Crippen molar-refractivity contribution in [2.75, 3.05) is 25.5 Å². The van der Waals surface area contributed by atoms with Crippen molar-refractivity contribution in [1.29, 1.82) is 0 Å². The first-order valence-electron chi connectivity index (χ1n) is 6.03. The van der Waals surface area contributed by atoms with Gasteiger partial charge in [-0.25, -0.2) is 4.98 Å². The highest BCUT2D eigenvalue weighted by molar-refractivity contribution is 5.78. The van der Waals surface area contributed by atoms with Gasteiger partial charge >= 0.3 is 0 Å². The Hall–Kier alpha value is -1.62. The number of anilines is 1. The standard InChI is InChI=1S/C13H21N3O2/c1-9(13(18)14-3)8-16(4)12-11(10(2)17)6-5-7-15-12/h5-7,9-10,17H,8H2,1-4H3,(H,14,18). The van der Waals surface area contributed by atoms with Gasteiger partial charge in [0.25, 0.3) is 0 Å². The number of hydrogen-bond acceptors (Lipinski definition) is 4.